The van der Waals surface area contributed by atoms with Gasteiger partial charge in [-0.25, -0.2) is 0 Å². The fraction of sp³-hybridized carbons (Fsp3) is 0.357. The number of phenolic OH excluding ortho intramolecular Hbond substituents is 2. The number of hydrogen-bond acceptors (Lipinski definition) is 5. The Kier molecular flexibility index (Phi) is 7.54. The lowest BCUT2D eigenvalue weighted by atomic mass is 9.91. The molecule has 0 spiro atoms. The van der Waals surface area contributed by atoms with Crippen LogP contribution in [0, 0.1) is 0 Å². The SMILES string of the molecule is COC1=C(c2ccc(C(C)O)cc2)Oc2c(CC=C(C)C)c(O)c(CC=C(C)C)c(O)c2C1. The molecular weight excluding hydrogens is 416 g/mol. The predicted molar refractivity (Wildman–Crippen MR) is 131 cm³/mol. The molecule has 176 valence electrons. The van der Waals surface area contributed by atoms with E-state index >= 15 is 0 Å². The zero-order valence-electron chi connectivity index (χ0n) is 20.3. The number of rotatable bonds is 7. The molecule has 1 atom stereocenters. The quantitative estimate of drug-likeness (QED) is 0.443. The Morgan fingerprint density at radius 2 is 1.55 bits per heavy atom. The summed E-state index contributed by atoms with van der Waals surface area (Å²) in [4.78, 5) is 0. The number of hydrogen-bond donors (Lipinski definition) is 3. The molecule has 2 aromatic carbocycles. The first-order valence-electron chi connectivity index (χ1n) is 11.2. The number of aliphatic hydroxyl groups is 1. The predicted octanol–water partition coefficient (Wildman–Crippen LogP) is 6.12. The molecule has 0 radical (unpaired) electrons. The second kappa shape index (κ2) is 10.2. The Bertz CT molecular complexity index is 1110. The normalized spacial score (nSPS) is 13.7. The third-order valence-electron chi connectivity index (χ3n) is 5.82. The smallest absolute Gasteiger partial charge is 0.172 e. The van der Waals surface area contributed by atoms with Crippen molar-refractivity contribution < 1.29 is 24.8 Å². The van der Waals surface area contributed by atoms with Crippen molar-refractivity contribution in [2.75, 3.05) is 7.11 Å². The van der Waals surface area contributed by atoms with Gasteiger partial charge in [0.2, 0.25) is 0 Å². The summed E-state index contributed by atoms with van der Waals surface area (Å²) in [6.45, 7) is 9.71. The third-order valence-corrected chi connectivity index (χ3v) is 5.82. The summed E-state index contributed by atoms with van der Waals surface area (Å²) in [6.07, 6.45) is 4.70. The van der Waals surface area contributed by atoms with Crippen LogP contribution in [0.25, 0.3) is 5.76 Å². The van der Waals surface area contributed by atoms with Gasteiger partial charge in [-0.05, 0) is 53.0 Å². The summed E-state index contributed by atoms with van der Waals surface area (Å²) in [5.74, 6) is 1.70. The maximum Gasteiger partial charge on any atom is 0.172 e. The molecule has 3 N–H and O–H groups in total. The Balaban J connectivity index is 2.16. The Labute approximate surface area is 196 Å². The summed E-state index contributed by atoms with van der Waals surface area (Å²) in [7, 11) is 1.58. The second-order valence-corrected chi connectivity index (χ2v) is 8.97. The third kappa shape index (κ3) is 5.25. The molecule has 0 amide bonds. The van der Waals surface area contributed by atoms with E-state index in [4.69, 9.17) is 9.47 Å². The second-order valence-electron chi connectivity index (χ2n) is 8.97. The number of allylic oxidation sites excluding steroid dienone is 5. The number of fused-ring (bicyclic) bond motifs is 1. The summed E-state index contributed by atoms with van der Waals surface area (Å²) in [6, 6.07) is 7.45. The molecular formula is C28H34O5. The molecule has 1 unspecified atom stereocenters. The summed E-state index contributed by atoms with van der Waals surface area (Å²) in [5, 5.41) is 32.1. The van der Waals surface area contributed by atoms with Gasteiger partial charge in [0.15, 0.2) is 5.76 Å². The van der Waals surface area contributed by atoms with Crippen LogP contribution in [0.5, 0.6) is 17.2 Å². The Hall–Kier alpha value is -3.18. The largest absolute Gasteiger partial charge is 0.507 e. The van der Waals surface area contributed by atoms with Crippen molar-refractivity contribution in [2.45, 2.75) is 60.0 Å². The van der Waals surface area contributed by atoms with Gasteiger partial charge in [0.25, 0.3) is 0 Å². The molecule has 2 aromatic rings. The standard InChI is InChI=1S/C28H34O5/c1-16(2)7-13-21-25(30)22(14-8-17(3)4)28-23(26(21)31)15-24(32-6)27(33-28)20-11-9-19(10-12-20)18(5)29/h7-12,18,29-31H,13-15H2,1-6H3. The highest BCUT2D eigenvalue weighted by atomic mass is 16.5. The molecule has 1 heterocycles. The number of aliphatic hydroxyl groups excluding tert-OH is 1. The molecule has 33 heavy (non-hydrogen) atoms. The fourth-order valence-electron chi connectivity index (χ4n) is 3.85. The van der Waals surface area contributed by atoms with E-state index in [-0.39, 0.29) is 11.5 Å². The molecule has 5 nitrogen and oxygen atoms in total. The molecule has 1 aliphatic heterocycles. The maximum absolute atomic E-state index is 11.2. The topological polar surface area (TPSA) is 79.2 Å². The van der Waals surface area contributed by atoms with E-state index in [1.54, 1.807) is 14.0 Å². The van der Waals surface area contributed by atoms with Crippen LogP contribution in [0.2, 0.25) is 0 Å². The first kappa shape index (κ1) is 24.5. The van der Waals surface area contributed by atoms with Crippen molar-refractivity contribution >= 4 is 5.76 Å². The van der Waals surface area contributed by atoms with Crippen LogP contribution in [-0.2, 0) is 24.0 Å². The van der Waals surface area contributed by atoms with E-state index in [1.165, 1.54) is 0 Å². The monoisotopic (exact) mass is 450 g/mol. The summed E-state index contributed by atoms with van der Waals surface area (Å²) < 4.78 is 12.0. The van der Waals surface area contributed by atoms with Crippen LogP contribution in [-0.4, -0.2) is 22.4 Å². The number of phenols is 2. The fourth-order valence-corrected chi connectivity index (χ4v) is 3.85. The lowest BCUT2D eigenvalue weighted by Gasteiger charge is -2.27. The molecule has 0 saturated heterocycles. The molecule has 5 heteroatoms. The van der Waals surface area contributed by atoms with Gasteiger partial charge in [-0.2, -0.15) is 0 Å². The minimum atomic E-state index is -0.563. The zero-order chi connectivity index (χ0) is 24.3. The average molecular weight is 451 g/mol. The van der Waals surface area contributed by atoms with Gasteiger partial charge in [-0.3, -0.25) is 0 Å². The molecule has 0 aliphatic carbocycles. The van der Waals surface area contributed by atoms with Crippen LogP contribution < -0.4 is 4.74 Å². The van der Waals surface area contributed by atoms with Crippen LogP contribution >= 0.6 is 0 Å². The lowest BCUT2D eigenvalue weighted by molar-refractivity contribution is 0.199. The minimum Gasteiger partial charge on any atom is -0.507 e. The van der Waals surface area contributed by atoms with Gasteiger partial charge in [0.1, 0.15) is 23.0 Å². The van der Waals surface area contributed by atoms with Crippen LogP contribution in [0.3, 0.4) is 0 Å². The molecule has 0 aromatic heterocycles. The Morgan fingerprint density at radius 3 is 2.06 bits per heavy atom. The van der Waals surface area contributed by atoms with E-state index in [9.17, 15) is 15.3 Å². The highest BCUT2D eigenvalue weighted by Crippen LogP contribution is 2.48. The van der Waals surface area contributed by atoms with E-state index < -0.39 is 6.10 Å². The van der Waals surface area contributed by atoms with E-state index in [0.717, 1.165) is 22.3 Å². The van der Waals surface area contributed by atoms with E-state index in [0.29, 0.717) is 53.2 Å². The van der Waals surface area contributed by atoms with Crippen LogP contribution in [0.15, 0.2) is 53.3 Å². The number of methoxy groups -OCH3 is 1. The van der Waals surface area contributed by atoms with E-state index in [1.807, 2.05) is 64.1 Å². The Morgan fingerprint density at radius 1 is 0.970 bits per heavy atom. The minimum absolute atomic E-state index is 0.0407. The van der Waals surface area contributed by atoms with Crippen molar-refractivity contribution in [1.29, 1.82) is 0 Å². The molecule has 0 saturated carbocycles. The molecule has 1 aliphatic rings. The van der Waals surface area contributed by atoms with Gasteiger partial charge < -0.3 is 24.8 Å². The van der Waals surface area contributed by atoms with Gasteiger partial charge in [0, 0.05) is 28.7 Å². The van der Waals surface area contributed by atoms with E-state index in [2.05, 4.69) is 0 Å². The van der Waals surface area contributed by atoms with Crippen molar-refractivity contribution in [3.05, 3.63) is 81.1 Å². The first-order chi connectivity index (χ1) is 15.6. The molecule has 3 rings (SSSR count). The van der Waals surface area contributed by atoms with Crippen LogP contribution in [0.1, 0.15) is 68.5 Å². The van der Waals surface area contributed by atoms with Gasteiger partial charge >= 0.3 is 0 Å². The summed E-state index contributed by atoms with van der Waals surface area (Å²) in [5.41, 5.74) is 5.59. The number of benzene rings is 2. The van der Waals surface area contributed by atoms with Crippen LogP contribution in [0.4, 0.5) is 0 Å². The van der Waals surface area contributed by atoms with Crippen molar-refractivity contribution in [1.82, 2.24) is 0 Å². The highest BCUT2D eigenvalue weighted by molar-refractivity contribution is 5.73. The molecule has 0 bridgehead atoms. The van der Waals surface area contributed by atoms with Crippen molar-refractivity contribution in [2.24, 2.45) is 0 Å². The van der Waals surface area contributed by atoms with Crippen molar-refractivity contribution in [3.8, 4) is 17.2 Å². The summed E-state index contributed by atoms with van der Waals surface area (Å²) >= 11 is 0. The number of ether oxygens (including phenoxy) is 2. The number of aromatic hydroxyl groups is 2. The lowest BCUT2D eigenvalue weighted by Crippen LogP contribution is -2.14. The maximum atomic E-state index is 11.2. The van der Waals surface area contributed by atoms with Gasteiger partial charge in [-0.15, -0.1) is 0 Å². The molecule has 0 fully saturated rings. The van der Waals surface area contributed by atoms with Crippen molar-refractivity contribution in [3.63, 3.8) is 0 Å². The highest BCUT2D eigenvalue weighted by Gasteiger charge is 2.31. The zero-order valence-corrected chi connectivity index (χ0v) is 20.3. The van der Waals surface area contributed by atoms with Gasteiger partial charge in [-0.1, -0.05) is 47.6 Å². The van der Waals surface area contributed by atoms with Gasteiger partial charge in [0.05, 0.1) is 13.2 Å². The first-order valence-corrected chi connectivity index (χ1v) is 11.2. The average Bonchev–Trinajstić information content (AvgIpc) is 2.77.